The summed E-state index contributed by atoms with van der Waals surface area (Å²) in [6, 6.07) is 0. The van der Waals surface area contributed by atoms with Gasteiger partial charge in [-0.3, -0.25) is 0 Å². The van der Waals surface area contributed by atoms with Crippen molar-refractivity contribution in [3.63, 3.8) is 0 Å². The van der Waals surface area contributed by atoms with Gasteiger partial charge in [-0.2, -0.15) is 13.2 Å². The van der Waals surface area contributed by atoms with Gasteiger partial charge in [-0.25, -0.2) is 0 Å². The Morgan fingerprint density at radius 1 is 1.21 bits per heavy atom. The number of hydrogen-bond donors (Lipinski definition) is 1. The SMILES string of the molecule is CCCC(C)(CO)CCSC(F)(F)F. The lowest BCUT2D eigenvalue weighted by atomic mass is 9.84. The first-order valence-corrected chi connectivity index (χ1v) is 5.63. The quantitative estimate of drug-likeness (QED) is 0.754. The van der Waals surface area contributed by atoms with E-state index in [1.165, 1.54) is 0 Å². The number of thioether (sulfide) groups is 1. The van der Waals surface area contributed by atoms with Gasteiger partial charge in [0.2, 0.25) is 0 Å². The van der Waals surface area contributed by atoms with Crippen molar-refractivity contribution in [2.75, 3.05) is 12.4 Å². The monoisotopic (exact) mass is 230 g/mol. The summed E-state index contributed by atoms with van der Waals surface area (Å²) < 4.78 is 35.5. The molecule has 0 heterocycles. The maximum atomic E-state index is 11.8. The van der Waals surface area contributed by atoms with Gasteiger partial charge in [-0.1, -0.05) is 32.0 Å². The first-order valence-electron chi connectivity index (χ1n) is 4.64. The van der Waals surface area contributed by atoms with Crippen molar-refractivity contribution in [3.05, 3.63) is 0 Å². The Morgan fingerprint density at radius 3 is 2.14 bits per heavy atom. The Bertz CT molecular complexity index is 161. The van der Waals surface area contributed by atoms with E-state index in [2.05, 4.69) is 0 Å². The predicted octanol–water partition coefficient (Wildman–Crippen LogP) is 3.43. The van der Waals surface area contributed by atoms with E-state index in [4.69, 9.17) is 5.11 Å². The van der Waals surface area contributed by atoms with E-state index in [-0.39, 0.29) is 29.5 Å². The molecule has 1 unspecified atom stereocenters. The Balaban J connectivity index is 3.84. The maximum absolute atomic E-state index is 11.8. The van der Waals surface area contributed by atoms with E-state index in [1.54, 1.807) is 0 Å². The van der Waals surface area contributed by atoms with Gasteiger partial charge in [0.25, 0.3) is 0 Å². The van der Waals surface area contributed by atoms with Crippen LogP contribution >= 0.6 is 11.8 Å². The molecule has 0 radical (unpaired) electrons. The van der Waals surface area contributed by atoms with E-state index in [9.17, 15) is 13.2 Å². The zero-order chi connectivity index (χ0) is 11.2. The zero-order valence-corrected chi connectivity index (χ0v) is 9.34. The third-order valence-electron chi connectivity index (χ3n) is 2.21. The minimum Gasteiger partial charge on any atom is -0.396 e. The molecule has 0 spiro atoms. The van der Waals surface area contributed by atoms with E-state index in [0.29, 0.717) is 6.42 Å². The van der Waals surface area contributed by atoms with Crippen molar-refractivity contribution in [3.8, 4) is 0 Å². The van der Waals surface area contributed by atoms with E-state index < -0.39 is 5.51 Å². The molecule has 0 aliphatic heterocycles. The first kappa shape index (κ1) is 14.1. The van der Waals surface area contributed by atoms with Crippen LogP contribution in [0.1, 0.15) is 33.1 Å². The highest BCUT2D eigenvalue weighted by Gasteiger charge is 2.30. The van der Waals surface area contributed by atoms with Gasteiger partial charge in [0.15, 0.2) is 0 Å². The minimum atomic E-state index is -4.15. The van der Waals surface area contributed by atoms with Crippen molar-refractivity contribution in [1.82, 2.24) is 0 Å². The van der Waals surface area contributed by atoms with Crippen LogP contribution in [0.15, 0.2) is 0 Å². The maximum Gasteiger partial charge on any atom is 0.441 e. The molecular formula is C9H17F3OS. The second-order valence-electron chi connectivity index (χ2n) is 3.76. The summed E-state index contributed by atoms with van der Waals surface area (Å²) in [6.45, 7) is 3.75. The summed E-state index contributed by atoms with van der Waals surface area (Å²) in [5, 5.41) is 9.06. The summed E-state index contributed by atoms with van der Waals surface area (Å²) in [5.74, 6) is 0.0283. The van der Waals surface area contributed by atoms with Crippen molar-refractivity contribution in [1.29, 1.82) is 0 Å². The summed E-state index contributed by atoms with van der Waals surface area (Å²) in [7, 11) is 0. The molecule has 0 bridgehead atoms. The predicted molar refractivity (Wildman–Crippen MR) is 53.2 cm³/mol. The molecule has 5 heteroatoms. The summed E-state index contributed by atoms with van der Waals surface area (Å²) in [5.41, 5.74) is -4.50. The molecule has 0 saturated heterocycles. The number of aliphatic hydroxyl groups is 1. The van der Waals surface area contributed by atoms with Gasteiger partial charge in [-0.15, -0.1) is 0 Å². The van der Waals surface area contributed by atoms with Gasteiger partial charge in [0.1, 0.15) is 0 Å². The molecule has 0 saturated carbocycles. The lowest BCUT2D eigenvalue weighted by Gasteiger charge is -2.26. The molecule has 14 heavy (non-hydrogen) atoms. The number of rotatable bonds is 6. The van der Waals surface area contributed by atoms with Crippen LogP contribution < -0.4 is 0 Å². The standard InChI is InChI=1S/C9H17F3OS/c1-3-4-8(2,7-13)5-6-14-9(10,11)12/h13H,3-7H2,1-2H3. The first-order chi connectivity index (χ1) is 6.33. The van der Waals surface area contributed by atoms with Crippen LogP contribution in [0.2, 0.25) is 0 Å². The van der Waals surface area contributed by atoms with Crippen LogP contribution in [0.25, 0.3) is 0 Å². The van der Waals surface area contributed by atoms with E-state index in [1.807, 2.05) is 13.8 Å². The number of aliphatic hydroxyl groups excluding tert-OH is 1. The van der Waals surface area contributed by atoms with E-state index >= 15 is 0 Å². The van der Waals surface area contributed by atoms with Crippen LogP contribution in [0.5, 0.6) is 0 Å². The molecule has 0 amide bonds. The highest BCUT2D eigenvalue weighted by atomic mass is 32.2. The smallest absolute Gasteiger partial charge is 0.396 e. The van der Waals surface area contributed by atoms with Crippen LogP contribution in [0.3, 0.4) is 0 Å². The van der Waals surface area contributed by atoms with Crippen molar-refractivity contribution in [2.45, 2.75) is 38.6 Å². The molecule has 0 fully saturated rings. The number of halogens is 3. The lowest BCUT2D eigenvalue weighted by Crippen LogP contribution is -2.22. The van der Waals surface area contributed by atoms with Gasteiger partial charge >= 0.3 is 5.51 Å². The average Bonchev–Trinajstić information content (AvgIpc) is 2.02. The third kappa shape index (κ3) is 6.54. The molecule has 0 aliphatic rings. The molecule has 0 aromatic carbocycles. The Morgan fingerprint density at radius 2 is 1.79 bits per heavy atom. The van der Waals surface area contributed by atoms with Gasteiger partial charge in [-0.05, 0) is 18.3 Å². The van der Waals surface area contributed by atoms with Crippen molar-refractivity contribution < 1.29 is 18.3 Å². The fraction of sp³-hybridized carbons (Fsp3) is 1.00. The topological polar surface area (TPSA) is 20.2 Å². The molecule has 0 aliphatic carbocycles. The van der Waals surface area contributed by atoms with Crippen LogP contribution in [0, 0.1) is 5.41 Å². The Kier molecular flexibility index (Phi) is 5.90. The average molecular weight is 230 g/mol. The molecule has 1 N–H and O–H groups in total. The molecule has 0 aromatic rings. The lowest BCUT2D eigenvalue weighted by molar-refractivity contribution is -0.0330. The van der Waals surface area contributed by atoms with E-state index in [0.717, 1.165) is 12.8 Å². The molecular weight excluding hydrogens is 213 g/mol. The summed E-state index contributed by atoms with van der Waals surface area (Å²) >= 11 is -0.00944. The Labute approximate surface area is 87.1 Å². The molecule has 0 aromatic heterocycles. The number of hydrogen-bond acceptors (Lipinski definition) is 2. The second-order valence-corrected chi connectivity index (χ2v) is 4.92. The minimum absolute atomic E-state index is 0.00944. The molecule has 0 rings (SSSR count). The van der Waals surface area contributed by atoms with Gasteiger partial charge in [0.05, 0.1) is 0 Å². The Hall–Kier alpha value is 0.100. The molecule has 1 atom stereocenters. The third-order valence-corrected chi connectivity index (χ3v) is 2.94. The fourth-order valence-corrected chi connectivity index (χ4v) is 2.13. The van der Waals surface area contributed by atoms with Crippen LogP contribution in [0.4, 0.5) is 13.2 Å². The number of alkyl halides is 3. The van der Waals surface area contributed by atoms with Gasteiger partial charge in [0, 0.05) is 12.4 Å². The second kappa shape index (κ2) is 5.85. The largest absolute Gasteiger partial charge is 0.441 e. The van der Waals surface area contributed by atoms with Crippen molar-refractivity contribution >= 4 is 11.8 Å². The highest BCUT2D eigenvalue weighted by molar-refractivity contribution is 8.00. The van der Waals surface area contributed by atoms with Gasteiger partial charge < -0.3 is 5.11 Å². The normalized spacial score (nSPS) is 16.7. The summed E-state index contributed by atoms with van der Waals surface area (Å²) in [6.07, 6.45) is 2.05. The zero-order valence-electron chi connectivity index (χ0n) is 8.52. The highest BCUT2D eigenvalue weighted by Crippen LogP contribution is 2.35. The van der Waals surface area contributed by atoms with Crippen LogP contribution in [-0.2, 0) is 0 Å². The van der Waals surface area contributed by atoms with Crippen LogP contribution in [-0.4, -0.2) is 23.0 Å². The molecule has 1 nitrogen and oxygen atoms in total. The molecule has 86 valence electrons. The fourth-order valence-electron chi connectivity index (χ4n) is 1.30. The van der Waals surface area contributed by atoms with Crippen molar-refractivity contribution in [2.24, 2.45) is 5.41 Å². The summed E-state index contributed by atoms with van der Waals surface area (Å²) in [4.78, 5) is 0.